The Bertz CT molecular complexity index is 397. The van der Waals surface area contributed by atoms with Crippen LogP contribution in [0.3, 0.4) is 0 Å². The molecule has 0 amide bonds. The molecule has 4 nitrogen and oxygen atoms in total. The van der Waals surface area contributed by atoms with Crippen molar-refractivity contribution in [3.8, 4) is 0 Å². The van der Waals surface area contributed by atoms with Crippen LogP contribution in [0.4, 0.5) is 5.82 Å². The van der Waals surface area contributed by atoms with Crippen molar-refractivity contribution < 1.29 is 5.11 Å². The Morgan fingerprint density at radius 3 is 2.88 bits per heavy atom. The van der Waals surface area contributed by atoms with E-state index < -0.39 is 0 Å². The maximum atomic E-state index is 9.16. The SMILES string of the molecule is CC(C)c1nc(Br)cc(N2CCC(CO)C2)n1. The molecule has 17 heavy (non-hydrogen) atoms. The highest BCUT2D eigenvalue weighted by Gasteiger charge is 2.23. The lowest BCUT2D eigenvalue weighted by Crippen LogP contribution is -2.22. The number of aromatic nitrogens is 2. The van der Waals surface area contributed by atoms with Crippen LogP contribution in [-0.4, -0.2) is 34.8 Å². The van der Waals surface area contributed by atoms with Crippen molar-refractivity contribution in [1.29, 1.82) is 0 Å². The molecule has 1 aliphatic heterocycles. The first kappa shape index (κ1) is 12.8. The van der Waals surface area contributed by atoms with E-state index in [9.17, 15) is 0 Å². The average molecular weight is 300 g/mol. The highest BCUT2D eigenvalue weighted by atomic mass is 79.9. The predicted molar refractivity (Wildman–Crippen MR) is 71.2 cm³/mol. The van der Waals surface area contributed by atoms with Gasteiger partial charge >= 0.3 is 0 Å². The topological polar surface area (TPSA) is 49.2 Å². The van der Waals surface area contributed by atoms with E-state index in [2.05, 4.69) is 44.6 Å². The lowest BCUT2D eigenvalue weighted by atomic mass is 10.1. The summed E-state index contributed by atoms with van der Waals surface area (Å²) in [4.78, 5) is 11.2. The molecular formula is C12H18BrN3O. The second-order valence-corrected chi connectivity index (χ2v) is 5.66. The van der Waals surface area contributed by atoms with E-state index >= 15 is 0 Å². The number of hydrogen-bond donors (Lipinski definition) is 1. The summed E-state index contributed by atoms with van der Waals surface area (Å²) in [5.41, 5.74) is 0. The molecule has 1 saturated heterocycles. The molecule has 2 rings (SSSR count). The second kappa shape index (κ2) is 5.31. The zero-order valence-electron chi connectivity index (χ0n) is 10.2. The normalized spacial score (nSPS) is 20.3. The molecule has 0 aromatic carbocycles. The van der Waals surface area contributed by atoms with Crippen LogP contribution in [0.15, 0.2) is 10.7 Å². The number of nitrogens with zero attached hydrogens (tertiary/aromatic N) is 3. The van der Waals surface area contributed by atoms with Gasteiger partial charge in [-0.05, 0) is 22.4 Å². The number of rotatable bonds is 3. The molecule has 2 heterocycles. The average Bonchev–Trinajstić information content (AvgIpc) is 2.76. The van der Waals surface area contributed by atoms with Crippen LogP contribution in [0.25, 0.3) is 0 Å². The maximum absolute atomic E-state index is 9.16. The standard InChI is InChI=1S/C12H18BrN3O/c1-8(2)12-14-10(13)5-11(15-12)16-4-3-9(6-16)7-17/h5,8-9,17H,3-4,6-7H2,1-2H3. The minimum absolute atomic E-state index is 0.264. The molecule has 0 spiro atoms. The van der Waals surface area contributed by atoms with Gasteiger partial charge in [0.15, 0.2) is 0 Å². The van der Waals surface area contributed by atoms with Crippen molar-refractivity contribution in [2.45, 2.75) is 26.2 Å². The molecular weight excluding hydrogens is 282 g/mol. The first-order valence-electron chi connectivity index (χ1n) is 6.00. The minimum Gasteiger partial charge on any atom is -0.396 e. The number of halogens is 1. The van der Waals surface area contributed by atoms with E-state index in [-0.39, 0.29) is 6.61 Å². The third-order valence-corrected chi connectivity index (χ3v) is 3.49. The molecule has 0 aliphatic carbocycles. The van der Waals surface area contributed by atoms with E-state index in [1.165, 1.54) is 0 Å². The summed E-state index contributed by atoms with van der Waals surface area (Å²) in [6.45, 7) is 6.29. The summed E-state index contributed by atoms with van der Waals surface area (Å²) in [6.07, 6.45) is 1.04. The summed E-state index contributed by atoms with van der Waals surface area (Å²) < 4.78 is 0.832. The number of aliphatic hydroxyl groups is 1. The monoisotopic (exact) mass is 299 g/mol. The lowest BCUT2D eigenvalue weighted by Gasteiger charge is -2.18. The fourth-order valence-corrected chi connectivity index (χ4v) is 2.42. The molecule has 1 aromatic rings. The number of anilines is 1. The first-order valence-corrected chi connectivity index (χ1v) is 6.79. The third-order valence-electron chi connectivity index (χ3n) is 3.08. The smallest absolute Gasteiger partial charge is 0.134 e. The Labute approximate surface area is 110 Å². The molecule has 0 radical (unpaired) electrons. The van der Waals surface area contributed by atoms with E-state index in [4.69, 9.17) is 5.11 Å². The second-order valence-electron chi connectivity index (χ2n) is 4.85. The van der Waals surface area contributed by atoms with Crippen molar-refractivity contribution in [3.63, 3.8) is 0 Å². The summed E-state index contributed by atoms with van der Waals surface area (Å²) in [6, 6.07) is 1.95. The van der Waals surface area contributed by atoms with Crippen molar-refractivity contribution in [2.75, 3.05) is 24.6 Å². The summed E-state index contributed by atoms with van der Waals surface area (Å²) >= 11 is 3.43. The van der Waals surface area contributed by atoms with Gasteiger partial charge in [-0.1, -0.05) is 13.8 Å². The molecule has 94 valence electrons. The third kappa shape index (κ3) is 2.96. The Balaban J connectivity index is 2.21. The molecule has 5 heteroatoms. The van der Waals surface area contributed by atoms with Gasteiger partial charge in [-0.3, -0.25) is 0 Å². The quantitative estimate of drug-likeness (QED) is 0.869. The Morgan fingerprint density at radius 2 is 2.29 bits per heavy atom. The molecule has 0 saturated carbocycles. The first-order chi connectivity index (χ1) is 8.10. The summed E-state index contributed by atoms with van der Waals surface area (Å²) in [5.74, 6) is 2.53. The molecule has 0 bridgehead atoms. The molecule has 1 N–H and O–H groups in total. The largest absolute Gasteiger partial charge is 0.396 e. The Hall–Kier alpha value is -0.680. The highest BCUT2D eigenvalue weighted by Crippen LogP contribution is 2.25. The van der Waals surface area contributed by atoms with Gasteiger partial charge in [0, 0.05) is 37.6 Å². The number of hydrogen-bond acceptors (Lipinski definition) is 4. The van der Waals surface area contributed by atoms with Crippen molar-refractivity contribution in [2.24, 2.45) is 5.92 Å². The zero-order valence-corrected chi connectivity index (χ0v) is 11.8. The summed E-state index contributed by atoms with van der Waals surface area (Å²) in [7, 11) is 0. The number of aliphatic hydroxyl groups excluding tert-OH is 1. The maximum Gasteiger partial charge on any atom is 0.134 e. The van der Waals surface area contributed by atoms with E-state index in [1.807, 2.05) is 6.07 Å². The van der Waals surface area contributed by atoms with Crippen molar-refractivity contribution in [3.05, 3.63) is 16.5 Å². The van der Waals surface area contributed by atoms with Gasteiger partial charge in [0.05, 0.1) is 0 Å². The van der Waals surface area contributed by atoms with Crippen LogP contribution in [-0.2, 0) is 0 Å². The van der Waals surface area contributed by atoms with Gasteiger partial charge in [0.1, 0.15) is 16.2 Å². The molecule has 1 atom stereocenters. The molecule has 1 unspecified atom stereocenters. The fraction of sp³-hybridized carbons (Fsp3) is 0.667. The van der Waals surface area contributed by atoms with Crippen LogP contribution in [0.5, 0.6) is 0 Å². The van der Waals surface area contributed by atoms with Gasteiger partial charge < -0.3 is 10.0 Å². The van der Waals surface area contributed by atoms with E-state index in [0.29, 0.717) is 11.8 Å². The zero-order chi connectivity index (χ0) is 12.4. The van der Waals surface area contributed by atoms with Crippen LogP contribution in [0.1, 0.15) is 32.0 Å². The van der Waals surface area contributed by atoms with Crippen molar-refractivity contribution >= 4 is 21.7 Å². The highest BCUT2D eigenvalue weighted by molar-refractivity contribution is 9.10. The van der Waals surface area contributed by atoms with Crippen molar-refractivity contribution in [1.82, 2.24) is 9.97 Å². The van der Waals surface area contributed by atoms with Gasteiger partial charge in [-0.25, -0.2) is 9.97 Å². The van der Waals surface area contributed by atoms with Crippen LogP contribution in [0, 0.1) is 5.92 Å². The van der Waals surface area contributed by atoms with E-state index in [0.717, 1.165) is 35.8 Å². The fourth-order valence-electron chi connectivity index (χ4n) is 2.03. The van der Waals surface area contributed by atoms with E-state index in [1.54, 1.807) is 0 Å². The Kier molecular flexibility index (Phi) is 3.99. The molecule has 1 aromatic heterocycles. The van der Waals surface area contributed by atoms with Crippen LogP contribution in [0.2, 0.25) is 0 Å². The summed E-state index contributed by atoms with van der Waals surface area (Å²) in [5, 5.41) is 9.16. The van der Waals surface area contributed by atoms with Gasteiger partial charge in [-0.15, -0.1) is 0 Å². The van der Waals surface area contributed by atoms with Gasteiger partial charge in [0.2, 0.25) is 0 Å². The van der Waals surface area contributed by atoms with Gasteiger partial charge in [-0.2, -0.15) is 0 Å². The lowest BCUT2D eigenvalue weighted by molar-refractivity contribution is 0.238. The molecule has 1 fully saturated rings. The Morgan fingerprint density at radius 1 is 1.53 bits per heavy atom. The minimum atomic E-state index is 0.264. The predicted octanol–water partition coefficient (Wildman–Crippen LogP) is 2.18. The molecule has 1 aliphatic rings. The van der Waals surface area contributed by atoms with Crippen LogP contribution < -0.4 is 4.90 Å². The van der Waals surface area contributed by atoms with Gasteiger partial charge in [0.25, 0.3) is 0 Å². The van der Waals surface area contributed by atoms with Crippen LogP contribution >= 0.6 is 15.9 Å².